The molecule has 1 aromatic carbocycles. The first-order valence-electron chi connectivity index (χ1n) is 11.4. The fraction of sp³-hybridized carbons (Fsp3) is 0.400. The zero-order valence-corrected chi connectivity index (χ0v) is 18.7. The Morgan fingerprint density at radius 3 is 2.73 bits per heavy atom. The zero-order valence-electron chi connectivity index (χ0n) is 18.7. The number of hydrogen-bond donors (Lipinski definition) is 3. The number of piperidine rings is 1. The van der Waals surface area contributed by atoms with Gasteiger partial charge in [0, 0.05) is 68.4 Å². The molecule has 3 N–H and O–H groups in total. The van der Waals surface area contributed by atoms with Crippen molar-refractivity contribution in [3.05, 3.63) is 70.8 Å². The van der Waals surface area contributed by atoms with Crippen LogP contribution in [0.25, 0.3) is 10.9 Å². The Hall–Kier alpha value is -3.39. The number of para-hydroxylation sites is 1. The number of nitrogens with zero attached hydrogens (tertiary/aromatic N) is 2. The van der Waals surface area contributed by atoms with Crippen LogP contribution in [-0.2, 0) is 16.1 Å². The van der Waals surface area contributed by atoms with Gasteiger partial charge in [0.1, 0.15) is 6.04 Å². The van der Waals surface area contributed by atoms with Crippen LogP contribution < -0.4 is 16.2 Å². The molecule has 2 aliphatic rings. The number of aromatic nitrogens is 2. The highest BCUT2D eigenvalue weighted by Gasteiger charge is 2.41. The van der Waals surface area contributed by atoms with Crippen LogP contribution in [0.2, 0.25) is 0 Å². The Kier molecular flexibility index (Phi) is 6.93. The highest BCUT2D eigenvalue weighted by Crippen LogP contribution is 2.38. The van der Waals surface area contributed by atoms with Crippen LogP contribution in [0.15, 0.2) is 59.5 Å². The van der Waals surface area contributed by atoms with E-state index in [-0.39, 0.29) is 17.4 Å². The average molecular weight is 451 g/mol. The predicted octanol–water partition coefficient (Wildman–Crippen LogP) is 2.35. The lowest BCUT2D eigenvalue weighted by atomic mass is 9.79. The van der Waals surface area contributed by atoms with E-state index in [1.165, 1.54) is 10.9 Å². The molecule has 0 radical (unpaired) electrons. The fourth-order valence-corrected chi connectivity index (χ4v) is 5.03. The van der Waals surface area contributed by atoms with Gasteiger partial charge in [-0.1, -0.05) is 24.3 Å². The third-order valence-corrected chi connectivity index (χ3v) is 6.37. The molecule has 0 unspecified atom stereocenters. The Morgan fingerprint density at radius 1 is 1.12 bits per heavy atom. The summed E-state index contributed by atoms with van der Waals surface area (Å²) in [6.07, 6.45) is 3.90. The molecule has 1 fully saturated rings. The molecule has 2 aliphatic heterocycles. The summed E-state index contributed by atoms with van der Waals surface area (Å²) in [5.41, 5.74) is 2.13. The van der Waals surface area contributed by atoms with Crippen molar-refractivity contribution in [1.29, 1.82) is 0 Å². The van der Waals surface area contributed by atoms with Gasteiger partial charge in [0.2, 0.25) is 5.91 Å². The number of aliphatic carboxylic acids is 1. The lowest BCUT2D eigenvalue weighted by molar-refractivity contribution is -0.134. The fourth-order valence-electron chi connectivity index (χ4n) is 5.03. The van der Waals surface area contributed by atoms with Crippen LogP contribution >= 0.6 is 0 Å². The summed E-state index contributed by atoms with van der Waals surface area (Å²) in [4.78, 5) is 34.7. The molecule has 8 nitrogen and oxygen atoms in total. The predicted molar refractivity (Wildman–Crippen MR) is 126 cm³/mol. The van der Waals surface area contributed by atoms with E-state index in [9.17, 15) is 9.59 Å². The summed E-state index contributed by atoms with van der Waals surface area (Å²) in [7, 11) is 0. The monoisotopic (exact) mass is 450 g/mol. The van der Waals surface area contributed by atoms with Crippen molar-refractivity contribution in [2.75, 3.05) is 19.6 Å². The van der Waals surface area contributed by atoms with E-state index in [4.69, 9.17) is 9.90 Å². The number of nitrogens with one attached hydrogen (secondary N) is 2. The van der Waals surface area contributed by atoms with Gasteiger partial charge in [-0.15, -0.1) is 0 Å². The SMILES string of the molecule is CC(=O)O.O=C(NCCCn1ccc2ccccc21)[C@H]1[C@@H]2CNC[C@@H](C2)c2cccc(=O)n21. The molecule has 0 spiro atoms. The summed E-state index contributed by atoms with van der Waals surface area (Å²) in [6.45, 7) is 4.19. The first-order valence-corrected chi connectivity index (χ1v) is 11.4. The number of carbonyl (C=O) groups excluding carboxylic acids is 1. The van der Waals surface area contributed by atoms with E-state index in [1.807, 2.05) is 18.2 Å². The summed E-state index contributed by atoms with van der Waals surface area (Å²) in [5, 5.41) is 15.2. The lowest BCUT2D eigenvalue weighted by Gasteiger charge is -2.42. The van der Waals surface area contributed by atoms with Crippen molar-refractivity contribution in [1.82, 2.24) is 19.8 Å². The summed E-state index contributed by atoms with van der Waals surface area (Å²) in [5.74, 6) is -0.396. The summed E-state index contributed by atoms with van der Waals surface area (Å²) < 4.78 is 3.96. The number of carboxylic acids is 1. The Bertz CT molecular complexity index is 1190. The van der Waals surface area contributed by atoms with Gasteiger partial charge >= 0.3 is 0 Å². The lowest BCUT2D eigenvalue weighted by Crippen LogP contribution is -2.52. The molecule has 174 valence electrons. The number of hydrogen-bond acceptors (Lipinski definition) is 4. The van der Waals surface area contributed by atoms with Crippen LogP contribution in [0.1, 0.15) is 37.4 Å². The van der Waals surface area contributed by atoms with Crippen molar-refractivity contribution in [3.8, 4) is 0 Å². The average Bonchev–Trinajstić information content (AvgIpc) is 3.20. The number of rotatable bonds is 5. The Labute approximate surface area is 192 Å². The number of amides is 1. The molecule has 4 heterocycles. The molecular formula is C25H30N4O4. The van der Waals surface area contributed by atoms with Crippen molar-refractivity contribution in [2.24, 2.45) is 5.92 Å². The van der Waals surface area contributed by atoms with Crippen LogP contribution in [0.5, 0.6) is 0 Å². The number of pyridine rings is 1. The zero-order chi connectivity index (χ0) is 23.4. The molecule has 0 aliphatic carbocycles. The maximum atomic E-state index is 13.1. The topological polar surface area (TPSA) is 105 Å². The van der Waals surface area contributed by atoms with Gasteiger partial charge < -0.3 is 20.3 Å². The maximum Gasteiger partial charge on any atom is 0.300 e. The second-order valence-corrected chi connectivity index (χ2v) is 8.69. The van der Waals surface area contributed by atoms with E-state index >= 15 is 0 Å². The van der Waals surface area contributed by atoms with Crippen LogP contribution in [0, 0.1) is 5.92 Å². The standard InChI is InChI=1S/C23H26N4O2.C2H4O2/c28-21-8-3-7-20-17-13-18(15-24-14-17)22(27(20)21)23(29)25-10-4-11-26-12-9-16-5-1-2-6-19(16)26;1-2(3)4/h1-3,5-9,12,17-18,22,24H,4,10-11,13-15H2,(H,25,29);1H3,(H,3,4)/t17-,18+,22-;/m1./s1. The van der Waals surface area contributed by atoms with Crippen molar-refractivity contribution in [3.63, 3.8) is 0 Å². The van der Waals surface area contributed by atoms with Gasteiger partial charge in [0.25, 0.3) is 11.5 Å². The molecule has 1 amide bonds. The highest BCUT2D eigenvalue weighted by atomic mass is 16.4. The minimum absolute atomic E-state index is 0.0379. The number of fused-ring (bicyclic) bond motifs is 5. The van der Waals surface area contributed by atoms with Gasteiger partial charge in [-0.25, -0.2) is 0 Å². The van der Waals surface area contributed by atoms with E-state index in [1.54, 1.807) is 16.7 Å². The van der Waals surface area contributed by atoms with Gasteiger partial charge in [0.05, 0.1) is 0 Å². The highest BCUT2D eigenvalue weighted by molar-refractivity contribution is 5.81. The molecule has 3 aromatic rings. The number of benzene rings is 1. The second-order valence-electron chi connectivity index (χ2n) is 8.69. The molecule has 8 heteroatoms. The first-order chi connectivity index (χ1) is 16.0. The van der Waals surface area contributed by atoms with Crippen molar-refractivity contribution >= 4 is 22.8 Å². The normalized spacial score (nSPS) is 20.9. The minimum atomic E-state index is -0.833. The van der Waals surface area contributed by atoms with Crippen molar-refractivity contribution in [2.45, 2.75) is 38.3 Å². The molecule has 33 heavy (non-hydrogen) atoms. The molecule has 2 aromatic heterocycles. The van der Waals surface area contributed by atoms with Gasteiger partial charge in [-0.2, -0.15) is 0 Å². The number of aryl methyl sites for hydroxylation is 1. The van der Waals surface area contributed by atoms with Gasteiger partial charge in [-0.05, 0) is 36.4 Å². The third-order valence-electron chi connectivity index (χ3n) is 6.37. The van der Waals surface area contributed by atoms with Crippen molar-refractivity contribution < 1.29 is 14.7 Å². The largest absolute Gasteiger partial charge is 0.481 e. The van der Waals surface area contributed by atoms with Crippen LogP contribution in [0.3, 0.4) is 0 Å². The molecule has 0 saturated carbocycles. The van der Waals surface area contributed by atoms with Crippen LogP contribution in [-0.4, -0.2) is 45.8 Å². The first kappa shape index (κ1) is 22.8. The molecule has 2 bridgehead atoms. The molecular weight excluding hydrogens is 420 g/mol. The number of carbonyl (C=O) groups is 2. The number of carboxylic acid groups (broad SMARTS) is 1. The smallest absolute Gasteiger partial charge is 0.300 e. The Morgan fingerprint density at radius 2 is 1.91 bits per heavy atom. The Balaban J connectivity index is 0.000000601. The van der Waals surface area contributed by atoms with E-state index in [0.717, 1.165) is 45.1 Å². The minimum Gasteiger partial charge on any atom is -0.481 e. The van der Waals surface area contributed by atoms with Crippen LogP contribution in [0.4, 0.5) is 0 Å². The second kappa shape index (κ2) is 10.0. The quantitative estimate of drug-likeness (QED) is 0.518. The van der Waals surface area contributed by atoms with Gasteiger partial charge in [0.15, 0.2) is 0 Å². The van der Waals surface area contributed by atoms with E-state index in [0.29, 0.717) is 12.5 Å². The summed E-state index contributed by atoms with van der Waals surface area (Å²) >= 11 is 0. The molecule has 3 atom stereocenters. The van der Waals surface area contributed by atoms with E-state index in [2.05, 4.69) is 39.6 Å². The third kappa shape index (κ3) is 5.01. The molecule has 5 rings (SSSR count). The summed E-state index contributed by atoms with van der Waals surface area (Å²) in [6, 6.07) is 15.4. The molecule has 1 saturated heterocycles. The van der Waals surface area contributed by atoms with E-state index < -0.39 is 12.0 Å². The maximum absolute atomic E-state index is 13.1. The van der Waals surface area contributed by atoms with Gasteiger partial charge in [-0.3, -0.25) is 19.0 Å².